The number of carbonyl (C=O) groups is 1. The zero-order chi connectivity index (χ0) is 26.3. The lowest BCUT2D eigenvalue weighted by molar-refractivity contribution is 0.0925. The summed E-state index contributed by atoms with van der Waals surface area (Å²) in [7, 11) is -1.92. The summed E-state index contributed by atoms with van der Waals surface area (Å²) in [6.45, 7) is 7.54. The summed E-state index contributed by atoms with van der Waals surface area (Å²) in [4.78, 5) is 27.5. The molecule has 4 heterocycles. The van der Waals surface area contributed by atoms with Crippen molar-refractivity contribution < 1.29 is 23.1 Å². The molecule has 0 unspecified atom stereocenters. The van der Waals surface area contributed by atoms with Gasteiger partial charge in [-0.3, -0.25) is 0 Å². The van der Waals surface area contributed by atoms with Gasteiger partial charge in [0, 0.05) is 25.5 Å². The summed E-state index contributed by atoms with van der Waals surface area (Å²) in [6, 6.07) is 9.34. The van der Waals surface area contributed by atoms with Gasteiger partial charge >= 0.3 is 6.09 Å². The Kier molecular flexibility index (Phi) is 6.98. The van der Waals surface area contributed by atoms with E-state index in [1.54, 1.807) is 19.9 Å². The second-order valence-electron chi connectivity index (χ2n) is 9.77. The smallest absolute Gasteiger partial charge is 0.407 e. The number of rotatable bonds is 7. The predicted octanol–water partition coefficient (Wildman–Crippen LogP) is 3.63. The molecular formula is C25H33N5O5S. The number of fused-ring (bicyclic) bond motifs is 1. The third-order valence-electron chi connectivity index (χ3n) is 6.95. The van der Waals surface area contributed by atoms with Crippen LogP contribution < -0.4 is 4.90 Å². The van der Waals surface area contributed by atoms with Gasteiger partial charge in [-0.15, -0.1) is 0 Å². The summed E-state index contributed by atoms with van der Waals surface area (Å²) < 4.78 is 29.9. The van der Waals surface area contributed by atoms with Crippen LogP contribution in [0, 0.1) is 0 Å². The normalized spacial score (nSPS) is 16.9. The minimum absolute atomic E-state index is 0.143. The molecule has 3 aromatic heterocycles. The zero-order valence-electron chi connectivity index (χ0n) is 21.3. The molecule has 1 aliphatic heterocycles. The van der Waals surface area contributed by atoms with E-state index < -0.39 is 20.7 Å². The molecule has 0 spiro atoms. The quantitative estimate of drug-likeness (QED) is 0.488. The van der Waals surface area contributed by atoms with Crippen LogP contribution in [0.5, 0.6) is 0 Å². The summed E-state index contributed by atoms with van der Waals surface area (Å²) in [5, 5.41) is 9.16. The zero-order valence-corrected chi connectivity index (χ0v) is 22.1. The molecule has 1 aliphatic rings. The van der Waals surface area contributed by atoms with Crippen molar-refractivity contribution in [3.63, 3.8) is 0 Å². The van der Waals surface area contributed by atoms with Crippen molar-refractivity contribution in [2.75, 3.05) is 38.0 Å². The van der Waals surface area contributed by atoms with Crippen LogP contribution in [0.25, 0.3) is 22.4 Å². The monoisotopic (exact) mass is 515 g/mol. The molecule has 0 aromatic carbocycles. The Morgan fingerprint density at radius 1 is 1.25 bits per heavy atom. The lowest BCUT2D eigenvalue weighted by Crippen LogP contribution is -2.45. The van der Waals surface area contributed by atoms with Crippen molar-refractivity contribution in [2.45, 2.75) is 44.5 Å². The molecule has 0 bridgehead atoms. The van der Waals surface area contributed by atoms with Crippen molar-refractivity contribution >= 4 is 32.8 Å². The number of morpholine rings is 1. The van der Waals surface area contributed by atoms with E-state index in [9.17, 15) is 13.2 Å². The van der Waals surface area contributed by atoms with E-state index in [0.29, 0.717) is 48.0 Å². The molecule has 0 radical (unpaired) electrons. The van der Waals surface area contributed by atoms with Crippen LogP contribution in [-0.2, 0) is 25.9 Å². The standard InChI is InChI=1S/C25H33N5O5S/c1-6-18-15-35-10-9-30(18)23-12-16(25(2,3)36(5,33)34)11-21(28-23)20-8-7-19-22(27-20)13-17(26-19)14-29(4)24(31)32/h7-8,11-13,18,26H,6,9-10,14-15H2,1-5H3,(H,31,32)/t18-/m0/s1. The van der Waals surface area contributed by atoms with Gasteiger partial charge < -0.3 is 24.6 Å². The van der Waals surface area contributed by atoms with Crippen molar-refractivity contribution in [3.8, 4) is 11.4 Å². The Balaban J connectivity index is 1.82. The summed E-state index contributed by atoms with van der Waals surface area (Å²) in [6.07, 6.45) is 1.10. The number of amides is 1. The highest BCUT2D eigenvalue weighted by molar-refractivity contribution is 7.91. The average Bonchev–Trinajstić information content (AvgIpc) is 3.24. The molecule has 36 heavy (non-hydrogen) atoms. The molecule has 1 fully saturated rings. The van der Waals surface area contributed by atoms with Gasteiger partial charge in [-0.2, -0.15) is 0 Å². The van der Waals surface area contributed by atoms with Crippen molar-refractivity contribution in [2.24, 2.45) is 0 Å². The van der Waals surface area contributed by atoms with Gasteiger partial charge in [0.2, 0.25) is 0 Å². The number of aromatic amines is 1. The average molecular weight is 516 g/mol. The number of carboxylic acid groups (broad SMARTS) is 1. The number of nitrogens with zero attached hydrogens (tertiary/aromatic N) is 4. The molecule has 3 aromatic rings. The van der Waals surface area contributed by atoms with E-state index >= 15 is 0 Å². The van der Waals surface area contributed by atoms with Crippen molar-refractivity contribution in [1.82, 2.24) is 19.9 Å². The van der Waals surface area contributed by atoms with E-state index in [1.807, 2.05) is 24.3 Å². The summed E-state index contributed by atoms with van der Waals surface area (Å²) >= 11 is 0. The molecule has 2 N–H and O–H groups in total. The number of H-pyrrole nitrogens is 1. The van der Waals surface area contributed by atoms with Gasteiger partial charge in [0.15, 0.2) is 9.84 Å². The second-order valence-corrected chi connectivity index (χ2v) is 12.3. The Morgan fingerprint density at radius 3 is 2.67 bits per heavy atom. The highest BCUT2D eigenvalue weighted by Gasteiger charge is 2.34. The van der Waals surface area contributed by atoms with Crippen LogP contribution in [0.15, 0.2) is 30.3 Å². The molecule has 4 rings (SSSR count). The minimum Gasteiger partial charge on any atom is -0.465 e. The summed E-state index contributed by atoms with van der Waals surface area (Å²) in [5.41, 5.74) is 4.00. The van der Waals surface area contributed by atoms with Gasteiger partial charge in [-0.05, 0) is 56.2 Å². The molecule has 10 nitrogen and oxygen atoms in total. The maximum Gasteiger partial charge on any atom is 0.407 e. The number of sulfone groups is 1. The highest BCUT2D eigenvalue weighted by Crippen LogP contribution is 2.35. The van der Waals surface area contributed by atoms with E-state index in [-0.39, 0.29) is 12.6 Å². The molecule has 194 valence electrons. The first-order chi connectivity index (χ1) is 16.9. The van der Waals surface area contributed by atoms with Gasteiger partial charge in [-0.1, -0.05) is 6.92 Å². The molecular weight excluding hydrogens is 482 g/mol. The van der Waals surface area contributed by atoms with Crippen LogP contribution in [0.2, 0.25) is 0 Å². The first-order valence-corrected chi connectivity index (χ1v) is 13.8. The third-order valence-corrected chi connectivity index (χ3v) is 9.04. The van der Waals surface area contributed by atoms with Crippen LogP contribution in [0.1, 0.15) is 38.4 Å². The maximum absolute atomic E-state index is 12.7. The SMILES string of the molecule is CC[C@H]1COCCN1c1cc(C(C)(C)S(C)(=O)=O)cc(-c2ccc3[nH]c(CN(C)C(=O)O)cc3n2)n1. The van der Waals surface area contributed by atoms with E-state index in [0.717, 1.165) is 17.6 Å². The summed E-state index contributed by atoms with van der Waals surface area (Å²) in [5.74, 6) is 0.703. The number of anilines is 1. The van der Waals surface area contributed by atoms with Crippen LogP contribution in [0.4, 0.5) is 10.6 Å². The van der Waals surface area contributed by atoms with Gasteiger partial charge in [0.1, 0.15) is 5.82 Å². The molecule has 0 aliphatic carbocycles. The minimum atomic E-state index is -3.42. The van der Waals surface area contributed by atoms with Crippen molar-refractivity contribution in [3.05, 3.63) is 41.6 Å². The van der Waals surface area contributed by atoms with Gasteiger partial charge in [0.25, 0.3) is 0 Å². The van der Waals surface area contributed by atoms with Crippen LogP contribution in [0.3, 0.4) is 0 Å². The Bertz CT molecular complexity index is 1380. The van der Waals surface area contributed by atoms with E-state index in [4.69, 9.17) is 19.8 Å². The third kappa shape index (κ3) is 5.03. The second kappa shape index (κ2) is 9.70. The number of hydrogen-bond donors (Lipinski definition) is 2. The number of aromatic nitrogens is 3. The number of nitrogens with one attached hydrogen (secondary N) is 1. The maximum atomic E-state index is 12.7. The number of ether oxygens (including phenoxy) is 1. The lowest BCUT2D eigenvalue weighted by atomic mass is 10.0. The van der Waals surface area contributed by atoms with Crippen LogP contribution >= 0.6 is 0 Å². The first kappa shape index (κ1) is 25.9. The van der Waals surface area contributed by atoms with Gasteiger partial charge in [0.05, 0.1) is 53.0 Å². The molecule has 0 saturated carbocycles. The highest BCUT2D eigenvalue weighted by atomic mass is 32.2. The predicted molar refractivity (Wildman–Crippen MR) is 139 cm³/mol. The Labute approximate surface area is 211 Å². The Morgan fingerprint density at radius 2 is 2.00 bits per heavy atom. The largest absolute Gasteiger partial charge is 0.465 e. The molecule has 1 atom stereocenters. The number of pyridine rings is 2. The topological polar surface area (TPSA) is 129 Å². The Hall–Kier alpha value is -3.18. The number of hydrogen-bond acceptors (Lipinski definition) is 7. The van der Waals surface area contributed by atoms with Crippen LogP contribution in [-0.4, -0.2) is 78.6 Å². The van der Waals surface area contributed by atoms with E-state index in [1.165, 1.54) is 18.2 Å². The van der Waals surface area contributed by atoms with Crippen molar-refractivity contribution in [1.29, 1.82) is 0 Å². The molecule has 1 amide bonds. The fraction of sp³-hybridized carbons (Fsp3) is 0.480. The fourth-order valence-electron chi connectivity index (χ4n) is 4.27. The lowest BCUT2D eigenvalue weighted by Gasteiger charge is -2.37. The fourth-order valence-corrected chi connectivity index (χ4v) is 4.81. The molecule has 11 heteroatoms. The van der Waals surface area contributed by atoms with E-state index in [2.05, 4.69) is 16.8 Å². The van der Waals surface area contributed by atoms with Gasteiger partial charge in [-0.25, -0.2) is 23.2 Å². The first-order valence-electron chi connectivity index (χ1n) is 11.9. The molecule has 1 saturated heterocycles.